The fourth-order valence-corrected chi connectivity index (χ4v) is 4.84. The van der Waals surface area contributed by atoms with Crippen LogP contribution in [0.2, 0.25) is 0 Å². The molecule has 4 aromatic rings. The number of ether oxygens (including phenoxy) is 1. The number of carbonyl (C=O) groups is 1. The Labute approximate surface area is 216 Å². The largest absolute Gasteiger partial charge is 0.497 e. The molecule has 37 heavy (non-hydrogen) atoms. The fraction of sp³-hybridized carbons (Fsp3) is 0.267. The second-order valence-corrected chi connectivity index (χ2v) is 9.33. The van der Waals surface area contributed by atoms with Crippen molar-refractivity contribution in [3.63, 3.8) is 0 Å². The summed E-state index contributed by atoms with van der Waals surface area (Å²) in [6, 6.07) is 22.5. The van der Waals surface area contributed by atoms with Crippen LogP contribution in [0.4, 0.5) is 5.69 Å². The number of likely N-dealkylation sites (N-methyl/N-ethyl adjacent to an activating group) is 1. The van der Waals surface area contributed by atoms with Crippen LogP contribution in [0, 0.1) is 0 Å². The van der Waals surface area contributed by atoms with Gasteiger partial charge in [-0.15, -0.1) is 0 Å². The number of carbonyl (C=O) groups excluding carboxylic acids is 1. The van der Waals surface area contributed by atoms with E-state index in [1.165, 1.54) is 10.1 Å². The maximum absolute atomic E-state index is 13.4. The van der Waals surface area contributed by atoms with Crippen LogP contribution >= 0.6 is 0 Å². The van der Waals surface area contributed by atoms with Crippen molar-refractivity contribution in [3.8, 4) is 11.4 Å². The van der Waals surface area contributed by atoms with Gasteiger partial charge in [-0.05, 0) is 42.4 Å². The summed E-state index contributed by atoms with van der Waals surface area (Å²) in [5, 5.41) is 4.12. The number of nitrogens with one attached hydrogen (secondary N) is 1. The molecule has 7 nitrogen and oxygen atoms in total. The van der Waals surface area contributed by atoms with Crippen LogP contribution in [0.3, 0.4) is 0 Å². The van der Waals surface area contributed by atoms with Crippen molar-refractivity contribution in [3.05, 3.63) is 100 Å². The molecule has 0 spiro atoms. The molecule has 0 saturated carbocycles. The van der Waals surface area contributed by atoms with E-state index in [4.69, 9.17) is 4.74 Å². The maximum atomic E-state index is 13.4. The lowest BCUT2D eigenvalue weighted by Crippen LogP contribution is -2.45. The predicted molar refractivity (Wildman–Crippen MR) is 148 cm³/mol. The van der Waals surface area contributed by atoms with Crippen LogP contribution in [0.25, 0.3) is 16.5 Å². The van der Waals surface area contributed by atoms with Crippen molar-refractivity contribution in [1.82, 2.24) is 14.4 Å². The molecular weight excluding hydrogens is 464 g/mol. The summed E-state index contributed by atoms with van der Waals surface area (Å²) in [4.78, 5) is 31.7. The Balaban J connectivity index is 1.38. The number of amides is 1. The minimum absolute atomic E-state index is 0.190. The zero-order chi connectivity index (χ0) is 25.8. The van der Waals surface area contributed by atoms with Gasteiger partial charge in [0, 0.05) is 61.4 Å². The number of piperazine rings is 1. The number of anilines is 1. The third-order valence-electron chi connectivity index (χ3n) is 7.03. The Hall–Kier alpha value is -3.94. The summed E-state index contributed by atoms with van der Waals surface area (Å²) < 4.78 is 6.83. The van der Waals surface area contributed by atoms with E-state index in [1.807, 2.05) is 48.5 Å². The SMILES string of the molecule is CCN1CCN(Cc2ccc(NC(=O)c3cn(-c4cccc(OC)c4)c(=O)c4ccccc34)cc2)CC1. The number of benzene rings is 3. The van der Waals surface area contributed by atoms with E-state index >= 15 is 0 Å². The van der Waals surface area contributed by atoms with Crippen molar-refractivity contribution < 1.29 is 9.53 Å². The van der Waals surface area contributed by atoms with Gasteiger partial charge >= 0.3 is 0 Å². The molecule has 2 heterocycles. The van der Waals surface area contributed by atoms with Gasteiger partial charge in [0.25, 0.3) is 11.5 Å². The molecule has 1 aliphatic rings. The predicted octanol–water partition coefficient (Wildman–Crippen LogP) is 4.39. The van der Waals surface area contributed by atoms with Gasteiger partial charge in [0.1, 0.15) is 5.75 Å². The summed E-state index contributed by atoms with van der Waals surface area (Å²) in [6.45, 7) is 8.58. The molecule has 5 rings (SSSR count). The molecule has 1 N–H and O–H groups in total. The zero-order valence-corrected chi connectivity index (χ0v) is 21.3. The average Bonchev–Trinajstić information content (AvgIpc) is 2.95. The van der Waals surface area contributed by atoms with Crippen LogP contribution < -0.4 is 15.6 Å². The highest BCUT2D eigenvalue weighted by Crippen LogP contribution is 2.22. The maximum Gasteiger partial charge on any atom is 0.262 e. The van der Waals surface area contributed by atoms with Crippen LogP contribution in [-0.2, 0) is 6.54 Å². The molecular formula is C30H32N4O3. The van der Waals surface area contributed by atoms with Gasteiger partial charge < -0.3 is 15.0 Å². The second kappa shape index (κ2) is 11.0. The third-order valence-corrected chi connectivity index (χ3v) is 7.03. The first-order valence-electron chi connectivity index (χ1n) is 12.7. The third kappa shape index (κ3) is 5.43. The first-order valence-corrected chi connectivity index (χ1v) is 12.7. The smallest absolute Gasteiger partial charge is 0.262 e. The first-order chi connectivity index (χ1) is 18.1. The lowest BCUT2D eigenvalue weighted by Gasteiger charge is -2.34. The summed E-state index contributed by atoms with van der Waals surface area (Å²) in [5.41, 5.74) is 2.81. The molecule has 190 valence electrons. The number of rotatable bonds is 7. The molecule has 7 heteroatoms. The van der Waals surface area contributed by atoms with E-state index in [0.717, 1.165) is 39.3 Å². The Bertz CT molecular complexity index is 1450. The van der Waals surface area contributed by atoms with Crippen LogP contribution in [0.15, 0.2) is 83.8 Å². The van der Waals surface area contributed by atoms with Gasteiger partial charge in [0.2, 0.25) is 0 Å². The summed E-state index contributed by atoms with van der Waals surface area (Å²) in [6.07, 6.45) is 1.61. The molecule has 1 saturated heterocycles. The van der Waals surface area contributed by atoms with E-state index in [0.29, 0.717) is 33.5 Å². The summed E-state index contributed by atoms with van der Waals surface area (Å²) >= 11 is 0. The van der Waals surface area contributed by atoms with Crippen molar-refractivity contribution in [2.75, 3.05) is 45.2 Å². The number of aromatic nitrogens is 1. The Kier molecular flexibility index (Phi) is 7.35. The van der Waals surface area contributed by atoms with Crippen molar-refractivity contribution in [2.45, 2.75) is 13.5 Å². The van der Waals surface area contributed by atoms with Gasteiger partial charge in [-0.2, -0.15) is 0 Å². The highest BCUT2D eigenvalue weighted by atomic mass is 16.5. The van der Waals surface area contributed by atoms with E-state index < -0.39 is 0 Å². The zero-order valence-electron chi connectivity index (χ0n) is 21.3. The first kappa shape index (κ1) is 24.7. The molecule has 0 radical (unpaired) electrons. The van der Waals surface area contributed by atoms with E-state index in [1.54, 1.807) is 25.4 Å². The average molecular weight is 497 g/mol. The number of methoxy groups -OCH3 is 1. The molecule has 0 unspecified atom stereocenters. The Morgan fingerprint density at radius 2 is 1.59 bits per heavy atom. The fourth-order valence-electron chi connectivity index (χ4n) is 4.84. The normalized spacial score (nSPS) is 14.5. The Morgan fingerprint density at radius 1 is 0.892 bits per heavy atom. The molecule has 0 bridgehead atoms. The van der Waals surface area contributed by atoms with Gasteiger partial charge in [-0.3, -0.25) is 19.1 Å². The van der Waals surface area contributed by atoms with Crippen molar-refractivity contribution in [2.24, 2.45) is 0 Å². The minimum atomic E-state index is -0.267. The minimum Gasteiger partial charge on any atom is -0.497 e. The number of nitrogens with zero attached hydrogens (tertiary/aromatic N) is 3. The van der Waals surface area contributed by atoms with Crippen LogP contribution in [0.5, 0.6) is 5.75 Å². The Morgan fingerprint density at radius 3 is 2.30 bits per heavy atom. The molecule has 3 aromatic carbocycles. The van der Waals surface area contributed by atoms with Crippen molar-refractivity contribution in [1.29, 1.82) is 0 Å². The number of fused-ring (bicyclic) bond motifs is 1. The van der Waals surface area contributed by atoms with Crippen LogP contribution in [-0.4, -0.2) is 60.1 Å². The lowest BCUT2D eigenvalue weighted by molar-refractivity contribution is 0.102. The van der Waals surface area contributed by atoms with E-state index in [9.17, 15) is 9.59 Å². The highest BCUT2D eigenvalue weighted by molar-refractivity contribution is 6.12. The van der Waals surface area contributed by atoms with Crippen molar-refractivity contribution >= 4 is 22.4 Å². The standard InChI is InChI=1S/C30H32N4O3/c1-3-32-15-17-33(18-16-32)20-22-11-13-23(14-12-22)31-29(35)28-21-34(24-7-6-8-25(19-24)37-2)30(36)27-10-5-4-9-26(27)28/h4-14,19,21H,3,15-18,20H2,1-2H3,(H,31,35). The van der Waals surface area contributed by atoms with E-state index in [2.05, 4.69) is 34.2 Å². The van der Waals surface area contributed by atoms with Gasteiger partial charge in [0.05, 0.1) is 18.4 Å². The second-order valence-electron chi connectivity index (χ2n) is 9.33. The monoisotopic (exact) mass is 496 g/mol. The van der Waals surface area contributed by atoms with E-state index in [-0.39, 0.29) is 11.5 Å². The summed E-state index contributed by atoms with van der Waals surface area (Å²) in [5.74, 6) is 0.368. The molecule has 1 aliphatic heterocycles. The van der Waals surface area contributed by atoms with Gasteiger partial charge in [0.15, 0.2) is 0 Å². The number of pyridine rings is 1. The number of hydrogen-bond donors (Lipinski definition) is 1. The molecule has 0 aliphatic carbocycles. The quantitative estimate of drug-likeness (QED) is 0.411. The molecule has 1 fully saturated rings. The molecule has 0 atom stereocenters. The topological polar surface area (TPSA) is 66.8 Å². The molecule has 1 amide bonds. The highest BCUT2D eigenvalue weighted by Gasteiger charge is 2.17. The lowest BCUT2D eigenvalue weighted by atomic mass is 10.1. The van der Waals surface area contributed by atoms with Crippen LogP contribution in [0.1, 0.15) is 22.8 Å². The molecule has 1 aromatic heterocycles. The van der Waals surface area contributed by atoms with Gasteiger partial charge in [-0.1, -0.05) is 43.3 Å². The summed E-state index contributed by atoms with van der Waals surface area (Å²) in [7, 11) is 1.58. The number of hydrogen-bond acceptors (Lipinski definition) is 5. The van der Waals surface area contributed by atoms with Gasteiger partial charge in [-0.25, -0.2) is 0 Å².